The summed E-state index contributed by atoms with van der Waals surface area (Å²) in [4.78, 5) is 21.2. The van der Waals surface area contributed by atoms with E-state index in [1.165, 1.54) is 24.3 Å². The first-order chi connectivity index (χ1) is 19.8. The van der Waals surface area contributed by atoms with Crippen LogP contribution >= 0.6 is 0 Å². The molecule has 11 nitrogen and oxygen atoms in total. The minimum Gasteiger partial charge on any atom is -0.491 e. The van der Waals surface area contributed by atoms with Gasteiger partial charge in [0.15, 0.2) is 0 Å². The molecule has 0 aliphatic heterocycles. The molecule has 0 N–H and O–H groups in total. The lowest BCUT2D eigenvalue weighted by atomic mass is 10.3. The average Bonchev–Trinajstić information content (AvgIpc) is 2.86. The zero-order chi connectivity index (χ0) is 32.6. The van der Waals surface area contributed by atoms with Crippen molar-refractivity contribution in [2.45, 2.75) is 103 Å². The normalized spacial score (nSPS) is 14.2. The smallest absolute Gasteiger partial charge is 0.312 e. The van der Waals surface area contributed by atoms with Gasteiger partial charge >= 0.3 is 17.1 Å². The van der Waals surface area contributed by atoms with E-state index in [0.29, 0.717) is 11.5 Å². The van der Waals surface area contributed by atoms with Crippen molar-refractivity contribution < 1.29 is 31.7 Å². The monoisotopic (exact) mass is 668 g/mol. The summed E-state index contributed by atoms with van der Waals surface area (Å²) >= 11 is 0. The molecule has 240 valence electrons. The van der Waals surface area contributed by atoms with Crippen molar-refractivity contribution >= 4 is 45.1 Å². The van der Waals surface area contributed by atoms with Gasteiger partial charge in [0.05, 0.1) is 9.85 Å². The zero-order valence-corrected chi connectivity index (χ0v) is 31.2. The highest BCUT2D eigenvalue weighted by Crippen LogP contribution is 2.31. The van der Waals surface area contributed by atoms with Crippen LogP contribution in [-0.2, 0) is 12.3 Å². The fourth-order valence-corrected chi connectivity index (χ4v) is 25.1. The number of rotatable bonds is 18. The molecule has 0 aromatic heterocycles. The quantitative estimate of drug-likeness (QED) is 0.0875. The number of hydrogen-bond donors (Lipinski definition) is 0. The number of ether oxygens (including phenoxy) is 2. The largest absolute Gasteiger partial charge is 0.491 e. The van der Waals surface area contributed by atoms with E-state index in [2.05, 4.69) is 40.0 Å². The molecule has 15 heteroatoms. The topological polar surface area (TPSA) is 132 Å². The Bertz CT molecular complexity index is 1120. The molecule has 0 saturated heterocycles. The predicted octanol–water partition coefficient (Wildman–Crippen LogP) is 8.24. The van der Waals surface area contributed by atoms with Gasteiger partial charge in [0.2, 0.25) is 16.6 Å². The van der Waals surface area contributed by atoms with Crippen molar-refractivity contribution in [1.82, 2.24) is 0 Å². The Morgan fingerprint density at radius 2 is 0.884 bits per heavy atom. The molecule has 2 atom stereocenters. The molecule has 0 heterocycles. The maximum atomic E-state index is 11.0. The Balaban J connectivity index is 2.15. The van der Waals surface area contributed by atoms with Crippen LogP contribution in [0.5, 0.6) is 11.5 Å². The molecule has 0 aliphatic rings. The maximum absolute atomic E-state index is 11.0. The Morgan fingerprint density at radius 1 is 0.581 bits per heavy atom. The highest BCUT2D eigenvalue weighted by molar-refractivity contribution is 6.90. The summed E-state index contributed by atoms with van der Waals surface area (Å²) in [5.41, 5.74) is -0.302. The standard InChI is InChI=1S/C28H48N2O9Si4/c1-11-13-27(35-25-19-15-23(16-20-25)29(31)32)40(3,4)37-42(7,8)39-43(9,10)38-41(5,6)28(14-12-2)36-26-21-17-24(18-22-26)30(33)34/h15-22,27-28H,11-14H2,1-10H3. The van der Waals surface area contributed by atoms with Gasteiger partial charge in [-0.25, -0.2) is 0 Å². The lowest BCUT2D eigenvalue weighted by Gasteiger charge is -2.44. The van der Waals surface area contributed by atoms with Gasteiger partial charge in [-0.15, -0.1) is 0 Å². The third-order valence-electron chi connectivity index (χ3n) is 6.81. The van der Waals surface area contributed by atoms with E-state index in [1.54, 1.807) is 24.3 Å². The number of nitro benzene ring substituents is 2. The van der Waals surface area contributed by atoms with Crippen LogP contribution in [0.3, 0.4) is 0 Å². The average molecular weight is 669 g/mol. The highest BCUT2D eigenvalue weighted by atomic mass is 28.5. The minimum atomic E-state index is -2.70. The van der Waals surface area contributed by atoms with Crippen molar-refractivity contribution in [2.24, 2.45) is 0 Å². The summed E-state index contributed by atoms with van der Waals surface area (Å²) in [7, 11) is -10.4. The lowest BCUT2D eigenvalue weighted by molar-refractivity contribution is -0.385. The van der Waals surface area contributed by atoms with Crippen LogP contribution < -0.4 is 9.47 Å². The first kappa shape index (κ1) is 36.8. The molecule has 0 radical (unpaired) electrons. The third-order valence-corrected chi connectivity index (χ3v) is 22.8. The van der Waals surface area contributed by atoms with E-state index >= 15 is 0 Å². The Labute approximate surface area is 259 Å². The molecule has 0 bridgehead atoms. The van der Waals surface area contributed by atoms with E-state index in [0.717, 1.165) is 25.7 Å². The summed E-state index contributed by atoms with van der Waals surface area (Å²) in [5.74, 6) is 1.16. The second-order valence-corrected chi connectivity index (χ2v) is 28.4. The number of non-ortho nitro benzene ring substituents is 2. The van der Waals surface area contributed by atoms with Gasteiger partial charge in [-0.2, -0.15) is 0 Å². The first-order valence-electron chi connectivity index (χ1n) is 14.7. The van der Waals surface area contributed by atoms with Gasteiger partial charge in [0.1, 0.15) is 23.0 Å². The van der Waals surface area contributed by atoms with Crippen LogP contribution in [0.2, 0.25) is 52.4 Å². The molecular formula is C28H48N2O9Si4. The van der Waals surface area contributed by atoms with Gasteiger partial charge in [0.25, 0.3) is 11.4 Å². The number of hydrogen-bond acceptors (Lipinski definition) is 9. The van der Waals surface area contributed by atoms with Gasteiger partial charge in [-0.3, -0.25) is 20.2 Å². The first-order valence-corrected chi connectivity index (χ1v) is 26.3. The number of nitrogens with zero attached hydrogens (tertiary/aromatic N) is 2. The van der Waals surface area contributed by atoms with Crippen molar-refractivity contribution in [3.63, 3.8) is 0 Å². The summed E-state index contributed by atoms with van der Waals surface area (Å²) in [6, 6.07) is 12.3. The maximum Gasteiger partial charge on any atom is 0.312 e. The molecule has 43 heavy (non-hydrogen) atoms. The molecule has 2 rings (SSSR count). The molecule has 2 aromatic rings. The molecule has 0 amide bonds. The number of nitro groups is 2. The van der Waals surface area contributed by atoms with E-state index in [1.807, 2.05) is 26.2 Å². The fraction of sp³-hybridized carbons (Fsp3) is 0.571. The summed E-state index contributed by atoms with van der Waals surface area (Å²) in [6.45, 7) is 20.9. The Morgan fingerprint density at radius 3 is 1.14 bits per heavy atom. The molecule has 0 saturated carbocycles. The van der Waals surface area contributed by atoms with Crippen LogP contribution in [-0.4, -0.2) is 55.1 Å². The zero-order valence-electron chi connectivity index (χ0n) is 27.2. The summed E-state index contributed by atoms with van der Waals surface area (Å²) in [5, 5.41) is 22.1. The SMILES string of the molecule is CCCC(Oc1ccc([N+](=O)[O-])cc1)[Si](C)(C)O[Si](C)(C)O[Si](C)(C)O[Si](C)(C)C(CCC)Oc1ccc([N+](=O)[O-])cc1. The van der Waals surface area contributed by atoms with Crippen LogP contribution in [0.25, 0.3) is 0 Å². The minimum absolute atomic E-state index is 0.0204. The van der Waals surface area contributed by atoms with Crippen LogP contribution in [0.1, 0.15) is 39.5 Å². The molecular weight excluding hydrogens is 621 g/mol. The van der Waals surface area contributed by atoms with Crippen LogP contribution in [0.4, 0.5) is 11.4 Å². The summed E-state index contributed by atoms with van der Waals surface area (Å²) in [6.07, 6.45) is 3.38. The van der Waals surface area contributed by atoms with Crippen molar-refractivity contribution in [3.05, 3.63) is 68.8 Å². The van der Waals surface area contributed by atoms with E-state index < -0.39 is 43.6 Å². The van der Waals surface area contributed by atoms with Crippen molar-refractivity contribution in [2.75, 3.05) is 0 Å². The second-order valence-electron chi connectivity index (χ2n) is 12.6. The highest BCUT2D eigenvalue weighted by Gasteiger charge is 2.48. The molecule has 0 fully saturated rings. The number of benzene rings is 2. The van der Waals surface area contributed by atoms with E-state index in [4.69, 9.17) is 21.8 Å². The second kappa shape index (κ2) is 15.0. The van der Waals surface area contributed by atoms with Gasteiger partial charge in [0, 0.05) is 24.3 Å². The Kier molecular flexibility index (Phi) is 12.9. The van der Waals surface area contributed by atoms with Crippen LogP contribution in [0, 0.1) is 20.2 Å². The fourth-order valence-electron chi connectivity index (χ4n) is 5.27. The van der Waals surface area contributed by atoms with Crippen molar-refractivity contribution in [1.29, 1.82) is 0 Å². The van der Waals surface area contributed by atoms with Crippen LogP contribution in [0.15, 0.2) is 48.5 Å². The van der Waals surface area contributed by atoms with Crippen molar-refractivity contribution in [3.8, 4) is 11.5 Å². The van der Waals surface area contributed by atoms with Gasteiger partial charge in [-0.05, 0) is 89.5 Å². The third kappa shape index (κ3) is 11.6. The van der Waals surface area contributed by atoms with Gasteiger partial charge in [-0.1, -0.05) is 26.7 Å². The van der Waals surface area contributed by atoms with E-state index in [9.17, 15) is 20.2 Å². The molecule has 2 unspecified atom stereocenters. The van der Waals surface area contributed by atoms with E-state index in [-0.39, 0.29) is 22.8 Å². The molecule has 0 spiro atoms. The van der Waals surface area contributed by atoms with Gasteiger partial charge < -0.3 is 21.8 Å². The lowest BCUT2D eigenvalue weighted by Crippen LogP contribution is -2.61. The molecule has 2 aromatic carbocycles. The molecule has 0 aliphatic carbocycles. The predicted molar refractivity (Wildman–Crippen MR) is 178 cm³/mol. The summed E-state index contributed by atoms with van der Waals surface area (Å²) < 4.78 is 33.2. The Hall–Kier alpha value is -2.41.